The molecule has 0 unspecified atom stereocenters. The predicted molar refractivity (Wildman–Crippen MR) is 119 cm³/mol. The maximum Gasteiger partial charge on any atom is 0.345 e. The van der Waals surface area contributed by atoms with Gasteiger partial charge in [-0.1, -0.05) is 0 Å². The van der Waals surface area contributed by atoms with E-state index >= 15 is 0 Å². The van der Waals surface area contributed by atoms with Gasteiger partial charge in [-0.05, 0) is 33.1 Å². The van der Waals surface area contributed by atoms with Crippen LogP contribution in [0.15, 0.2) is 9.79 Å². The van der Waals surface area contributed by atoms with E-state index in [1.807, 2.05) is 23.4 Å². The second-order valence-electron chi connectivity index (χ2n) is 7.39. The number of rotatable bonds is 4. The molecule has 0 saturated carbocycles. The fourth-order valence-corrected chi connectivity index (χ4v) is 4.66. The molecule has 3 heterocycles. The molecule has 0 radical (unpaired) electrons. The molecule has 0 atom stereocenters. The van der Waals surface area contributed by atoms with E-state index in [1.165, 1.54) is 0 Å². The van der Waals surface area contributed by atoms with E-state index in [4.69, 9.17) is 0 Å². The van der Waals surface area contributed by atoms with Gasteiger partial charge in [0.15, 0.2) is 5.96 Å². The van der Waals surface area contributed by atoms with Crippen LogP contribution in [-0.4, -0.2) is 62.4 Å². The summed E-state index contributed by atoms with van der Waals surface area (Å²) in [6.07, 6.45) is 4.01. The average Bonchev–Trinajstić information content (AvgIpc) is 2.90. The zero-order valence-electron chi connectivity index (χ0n) is 16.0. The molecule has 1 aromatic heterocycles. The van der Waals surface area contributed by atoms with E-state index in [0.29, 0.717) is 6.54 Å². The van der Waals surface area contributed by atoms with Crippen molar-refractivity contribution < 1.29 is 0 Å². The van der Waals surface area contributed by atoms with Crippen molar-refractivity contribution in [1.29, 1.82) is 0 Å². The molecule has 9 heteroatoms. The molecule has 1 N–H and O–H groups in total. The summed E-state index contributed by atoms with van der Waals surface area (Å²) >= 11 is 2.02. The molecule has 0 spiro atoms. The summed E-state index contributed by atoms with van der Waals surface area (Å²) in [6, 6.07) is 0. The highest BCUT2D eigenvalue weighted by Gasteiger charge is 2.28. The van der Waals surface area contributed by atoms with Crippen LogP contribution in [0.25, 0.3) is 0 Å². The van der Waals surface area contributed by atoms with Crippen LogP contribution in [0.2, 0.25) is 0 Å². The van der Waals surface area contributed by atoms with Crippen LogP contribution >= 0.6 is 35.7 Å². The third kappa shape index (κ3) is 5.17. The molecule has 0 aliphatic carbocycles. The second-order valence-corrected chi connectivity index (χ2v) is 9.19. The topological polar surface area (TPSA) is 67.5 Å². The van der Waals surface area contributed by atoms with Gasteiger partial charge in [0.25, 0.3) is 0 Å². The van der Waals surface area contributed by atoms with Crippen molar-refractivity contribution >= 4 is 41.7 Å². The molecule has 2 aliphatic rings. The van der Waals surface area contributed by atoms with Crippen molar-refractivity contribution in [3.63, 3.8) is 0 Å². The maximum absolute atomic E-state index is 12.3. The van der Waals surface area contributed by atoms with Gasteiger partial charge in [-0.2, -0.15) is 16.9 Å². The van der Waals surface area contributed by atoms with Gasteiger partial charge in [0.05, 0.1) is 0 Å². The first-order chi connectivity index (χ1) is 12.0. The van der Waals surface area contributed by atoms with Crippen LogP contribution in [0, 0.1) is 0 Å². The van der Waals surface area contributed by atoms with Gasteiger partial charge in [-0.3, -0.25) is 9.56 Å². The van der Waals surface area contributed by atoms with Crippen molar-refractivity contribution in [2.75, 3.05) is 32.4 Å². The van der Waals surface area contributed by atoms with Crippen molar-refractivity contribution in [2.24, 2.45) is 4.99 Å². The molecule has 0 bridgehead atoms. The Balaban J connectivity index is 0.00000243. The third-order valence-electron chi connectivity index (χ3n) is 4.80. The normalized spacial score (nSPS) is 19.7. The molecule has 0 aromatic carbocycles. The van der Waals surface area contributed by atoms with Crippen LogP contribution in [0.1, 0.15) is 38.9 Å². The minimum atomic E-state index is 0. The molecular formula is C17H31IN6OS. The van der Waals surface area contributed by atoms with E-state index < -0.39 is 0 Å². The van der Waals surface area contributed by atoms with Gasteiger partial charge < -0.3 is 10.2 Å². The minimum Gasteiger partial charge on any atom is -0.356 e. The van der Waals surface area contributed by atoms with Gasteiger partial charge in [-0.25, -0.2) is 9.48 Å². The molecule has 3 rings (SSSR count). The van der Waals surface area contributed by atoms with Crippen LogP contribution in [0.4, 0.5) is 0 Å². The van der Waals surface area contributed by atoms with Crippen molar-refractivity contribution in [2.45, 2.75) is 57.4 Å². The largest absolute Gasteiger partial charge is 0.356 e. The number of halogens is 1. The summed E-state index contributed by atoms with van der Waals surface area (Å²) in [4.78, 5) is 19.1. The number of guanidine groups is 1. The fourth-order valence-electron chi connectivity index (χ4n) is 3.55. The quantitative estimate of drug-likeness (QED) is 0.299. The van der Waals surface area contributed by atoms with Gasteiger partial charge in [-0.15, -0.1) is 24.0 Å². The van der Waals surface area contributed by atoms with Gasteiger partial charge in [0, 0.05) is 56.7 Å². The van der Waals surface area contributed by atoms with Crippen LogP contribution in [0.3, 0.4) is 0 Å². The first kappa shape index (κ1) is 21.6. The van der Waals surface area contributed by atoms with Crippen molar-refractivity contribution in [1.82, 2.24) is 24.6 Å². The Hall–Kier alpha value is -0.710. The van der Waals surface area contributed by atoms with E-state index in [0.717, 1.165) is 69.4 Å². The predicted octanol–water partition coefficient (Wildman–Crippen LogP) is 1.79. The molecule has 1 aromatic rings. The standard InChI is InChI=1S/C17H30N6OS.HI/c1-17(2)13-21(11-12-25-17)15(18-3)19-8-6-10-23-16(24)22-9-5-4-7-14(22)20-23;/h4-13H2,1-3H3,(H,18,19);1H. The van der Waals surface area contributed by atoms with Crippen LogP contribution < -0.4 is 11.0 Å². The summed E-state index contributed by atoms with van der Waals surface area (Å²) in [5.41, 5.74) is 0.0499. The zero-order valence-corrected chi connectivity index (χ0v) is 19.2. The molecule has 7 nitrogen and oxygen atoms in total. The second kappa shape index (κ2) is 9.48. The molecule has 1 saturated heterocycles. The van der Waals surface area contributed by atoms with Gasteiger partial charge >= 0.3 is 5.69 Å². The number of nitrogens with one attached hydrogen (secondary N) is 1. The average molecular weight is 494 g/mol. The van der Waals surface area contributed by atoms with Crippen LogP contribution in [0.5, 0.6) is 0 Å². The lowest BCUT2D eigenvalue weighted by molar-refractivity contribution is 0.374. The lowest BCUT2D eigenvalue weighted by Crippen LogP contribution is -2.51. The summed E-state index contributed by atoms with van der Waals surface area (Å²) < 4.78 is 3.73. The van der Waals surface area contributed by atoms with Crippen molar-refractivity contribution in [3.8, 4) is 0 Å². The van der Waals surface area contributed by atoms with Gasteiger partial charge in [0.2, 0.25) is 0 Å². The van der Waals surface area contributed by atoms with E-state index in [2.05, 4.69) is 34.2 Å². The first-order valence-electron chi connectivity index (χ1n) is 9.26. The minimum absolute atomic E-state index is 0. The Morgan fingerprint density at radius 1 is 1.35 bits per heavy atom. The number of hydrogen-bond acceptors (Lipinski definition) is 4. The summed E-state index contributed by atoms with van der Waals surface area (Å²) in [5.74, 6) is 3.04. The number of aliphatic imine (C=N–C) groups is 1. The Labute approximate surface area is 177 Å². The number of fused-ring (bicyclic) bond motifs is 1. The summed E-state index contributed by atoms with van der Waals surface area (Å²) in [5, 5.41) is 7.94. The highest BCUT2D eigenvalue weighted by molar-refractivity contribution is 14.0. The smallest absolute Gasteiger partial charge is 0.345 e. The molecule has 148 valence electrons. The Morgan fingerprint density at radius 3 is 2.85 bits per heavy atom. The Bertz CT molecular complexity index is 683. The first-order valence-corrected chi connectivity index (χ1v) is 10.2. The Morgan fingerprint density at radius 2 is 2.15 bits per heavy atom. The Kier molecular flexibility index (Phi) is 7.87. The van der Waals surface area contributed by atoms with E-state index in [1.54, 1.807) is 4.68 Å². The maximum atomic E-state index is 12.3. The molecule has 0 amide bonds. The molecule has 1 fully saturated rings. The lowest BCUT2D eigenvalue weighted by atomic mass is 10.2. The van der Waals surface area contributed by atoms with E-state index in [-0.39, 0.29) is 34.4 Å². The summed E-state index contributed by atoms with van der Waals surface area (Å²) in [6.45, 7) is 8.87. The molecule has 2 aliphatic heterocycles. The monoisotopic (exact) mass is 494 g/mol. The number of aryl methyl sites for hydroxylation is 2. The molecule has 26 heavy (non-hydrogen) atoms. The van der Waals surface area contributed by atoms with Gasteiger partial charge in [0.1, 0.15) is 5.82 Å². The zero-order chi connectivity index (χ0) is 17.9. The van der Waals surface area contributed by atoms with E-state index in [9.17, 15) is 4.79 Å². The summed E-state index contributed by atoms with van der Waals surface area (Å²) in [7, 11) is 1.84. The highest BCUT2D eigenvalue weighted by Crippen LogP contribution is 2.29. The lowest BCUT2D eigenvalue weighted by Gasteiger charge is -2.39. The number of hydrogen-bond donors (Lipinski definition) is 1. The molecular weight excluding hydrogens is 463 g/mol. The fraction of sp³-hybridized carbons (Fsp3) is 0.824. The SMILES string of the molecule is CN=C(NCCCn1nc2n(c1=O)CCCC2)N1CCSC(C)(C)C1.I. The highest BCUT2D eigenvalue weighted by atomic mass is 127. The number of thioether (sulfide) groups is 1. The number of nitrogens with zero attached hydrogens (tertiary/aromatic N) is 5. The van der Waals surface area contributed by atoms with Crippen LogP contribution in [-0.2, 0) is 19.5 Å². The number of aromatic nitrogens is 3. The third-order valence-corrected chi connectivity index (χ3v) is 6.10. The van der Waals surface area contributed by atoms with Crippen molar-refractivity contribution in [3.05, 3.63) is 16.3 Å².